The van der Waals surface area contributed by atoms with Crippen molar-refractivity contribution >= 4 is 0 Å². The Morgan fingerprint density at radius 2 is 2.09 bits per heavy atom. The van der Waals surface area contributed by atoms with E-state index in [4.69, 9.17) is 4.74 Å². The minimum atomic E-state index is 0.522. The first-order chi connectivity index (χ1) is 5.43. The van der Waals surface area contributed by atoms with E-state index in [9.17, 15) is 0 Å². The number of aromatic nitrogens is 2. The van der Waals surface area contributed by atoms with Crippen LogP contribution in [0.15, 0.2) is 18.5 Å². The Kier molecular flexibility index (Phi) is 3.55. The molecular weight excluding hydrogens is 140 g/mol. The average Bonchev–Trinajstić information content (AvgIpc) is 2.07. The molecule has 0 spiro atoms. The van der Waals surface area contributed by atoms with E-state index in [1.165, 1.54) is 0 Å². The third kappa shape index (κ3) is 3.09. The fourth-order valence-electron chi connectivity index (χ4n) is 0.712. The Morgan fingerprint density at radius 1 is 1.36 bits per heavy atom. The second-order valence-corrected chi connectivity index (χ2v) is 2.22. The highest BCUT2D eigenvalue weighted by Gasteiger charge is 1.91. The van der Waals surface area contributed by atoms with E-state index >= 15 is 0 Å². The molecule has 3 heteroatoms. The highest BCUT2D eigenvalue weighted by Crippen LogP contribution is 1.91. The molecule has 0 aliphatic heterocycles. The van der Waals surface area contributed by atoms with Gasteiger partial charge in [-0.3, -0.25) is 0 Å². The van der Waals surface area contributed by atoms with Crippen LogP contribution >= 0.6 is 0 Å². The molecule has 0 aliphatic carbocycles. The Balaban J connectivity index is 2.28. The van der Waals surface area contributed by atoms with Crippen molar-refractivity contribution in [3.05, 3.63) is 24.3 Å². The van der Waals surface area contributed by atoms with Crippen LogP contribution in [-0.2, 0) is 11.3 Å². The van der Waals surface area contributed by atoms with Crippen molar-refractivity contribution in [3.8, 4) is 0 Å². The van der Waals surface area contributed by atoms with Gasteiger partial charge >= 0.3 is 0 Å². The van der Waals surface area contributed by atoms with Gasteiger partial charge in [0.2, 0.25) is 0 Å². The molecule has 1 aromatic rings. The first kappa shape index (κ1) is 8.14. The first-order valence-corrected chi connectivity index (χ1v) is 3.77. The number of ether oxygens (including phenoxy) is 1. The lowest BCUT2D eigenvalue weighted by atomic mass is 10.5. The van der Waals surface area contributed by atoms with Gasteiger partial charge in [-0.2, -0.15) is 0 Å². The van der Waals surface area contributed by atoms with E-state index < -0.39 is 0 Å². The molecule has 0 atom stereocenters. The summed E-state index contributed by atoms with van der Waals surface area (Å²) in [4.78, 5) is 8.03. The number of hydrogen-bond donors (Lipinski definition) is 0. The quantitative estimate of drug-likeness (QED) is 0.612. The summed E-state index contributed by atoms with van der Waals surface area (Å²) in [6, 6.07) is 1.79. The molecule has 0 unspecified atom stereocenters. The third-order valence-electron chi connectivity index (χ3n) is 1.20. The molecule has 11 heavy (non-hydrogen) atoms. The van der Waals surface area contributed by atoms with Gasteiger partial charge in [-0.25, -0.2) is 9.97 Å². The zero-order valence-corrected chi connectivity index (χ0v) is 6.66. The summed E-state index contributed by atoms with van der Waals surface area (Å²) in [6.07, 6.45) is 4.47. The second kappa shape index (κ2) is 4.79. The maximum Gasteiger partial charge on any atom is 0.153 e. The van der Waals surface area contributed by atoms with E-state index in [1.807, 2.05) is 0 Å². The molecule has 0 aliphatic rings. The third-order valence-corrected chi connectivity index (χ3v) is 1.20. The highest BCUT2D eigenvalue weighted by atomic mass is 16.5. The summed E-state index contributed by atoms with van der Waals surface area (Å²) in [5.74, 6) is 0.751. The molecule has 0 N–H and O–H groups in total. The summed E-state index contributed by atoms with van der Waals surface area (Å²) in [7, 11) is 0. The largest absolute Gasteiger partial charge is 0.373 e. The lowest BCUT2D eigenvalue weighted by Crippen LogP contribution is -1.98. The smallest absolute Gasteiger partial charge is 0.153 e. The van der Waals surface area contributed by atoms with Gasteiger partial charge < -0.3 is 4.74 Å². The second-order valence-electron chi connectivity index (χ2n) is 2.22. The van der Waals surface area contributed by atoms with Crippen molar-refractivity contribution in [2.24, 2.45) is 0 Å². The van der Waals surface area contributed by atoms with Crippen LogP contribution < -0.4 is 0 Å². The topological polar surface area (TPSA) is 35.0 Å². The van der Waals surface area contributed by atoms with Crippen LogP contribution in [0.3, 0.4) is 0 Å². The maximum atomic E-state index is 5.24. The lowest BCUT2D eigenvalue weighted by Gasteiger charge is -1.98. The fraction of sp³-hybridized carbons (Fsp3) is 0.500. The van der Waals surface area contributed by atoms with Gasteiger partial charge in [0.05, 0.1) is 0 Å². The molecule has 0 radical (unpaired) electrons. The lowest BCUT2D eigenvalue weighted by molar-refractivity contribution is 0.116. The monoisotopic (exact) mass is 152 g/mol. The normalized spacial score (nSPS) is 9.91. The van der Waals surface area contributed by atoms with E-state index in [2.05, 4.69) is 16.9 Å². The van der Waals surface area contributed by atoms with Gasteiger partial charge in [-0.15, -0.1) is 0 Å². The molecular formula is C8H12N2O. The molecule has 0 bridgehead atoms. The maximum absolute atomic E-state index is 5.24. The predicted octanol–water partition coefficient (Wildman–Crippen LogP) is 1.40. The molecule has 60 valence electrons. The van der Waals surface area contributed by atoms with E-state index in [-0.39, 0.29) is 0 Å². The summed E-state index contributed by atoms with van der Waals surface area (Å²) in [5, 5.41) is 0. The molecule has 1 aromatic heterocycles. The Bertz CT molecular complexity index is 189. The molecule has 3 nitrogen and oxygen atoms in total. The van der Waals surface area contributed by atoms with Crippen LogP contribution in [0.25, 0.3) is 0 Å². The van der Waals surface area contributed by atoms with Crippen molar-refractivity contribution < 1.29 is 4.74 Å². The van der Waals surface area contributed by atoms with Gasteiger partial charge in [0.25, 0.3) is 0 Å². The Labute approximate surface area is 66.4 Å². The van der Waals surface area contributed by atoms with Gasteiger partial charge in [0.1, 0.15) is 6.61 Å². The minimum Gasteiger partial charge on any atom is -0.373 e. The molecule has 0 fully saturated rings. The standard InChI is InChI=1S/C8H12N2O/c1-2-6-11-7-8-9-4-3-5-10-8/h3-5H,2,6-7H2,1H3. The zero-order valence-electron chi connectivity index (χ0n) is 6.66. The van der Waals surface area contributed by atoms with Gasteiger partial charge in [0, 0.05) is 19.0 Å². The van der Waals surface area contributed by atoms with Crippen LogP contribution in [0.5, 0.6) is 0 Å². The van der Waals surface area contributed by atoms with Crippen molar-refractivity contribution in [1.29, 1.82) is 0 Å². The van der Waals surface area contributed by atoms with Gasteiger partial charge in [-0.1, -0.05) is 6.92 Å². The fourth-order valence-corrected chi connectivity index (χ4v) is 0.712. The molecule has 1 heterocycles. The summed E-state index contributed by atoms with van der Waals surface area (Å²) in [5.41, 5.74) is 0. The van der Waals surface area contributed by atoms with E-state index in [0.29, 0.717) is 6.61 Å². The minimum absolute atomic E-state index is 0.522. The summed E-state index contributed by atoms with van der Waals surface area (Å²) < 4.78 is 5.24. The molecule has 1 rings (SSSR count). The van der Waals surface area contributed by atoms with Gasteiger partial charge in [-0.05, 0) is 12.5 Å². The Morgan fingerprint density at radius 3 is 2.73 bits per heavy atom. The summed E-state index contributed by atoms with van der Waals surface area (Å²) in [6.45, 7) is 3.37. The molecule has 0 aromatic carbocycles. The zero-order chi connectivity index (χ0) is 7.94. The van der Waals surface area contributed by atoms with Crippen LogP contribution in [0.1, 0.15) is 19.2 Å². The van der Waals surface area contributed by atoms with Crippen LogP contribution in [0, 0.1) is 0 Å². The number of hydrogen-bond acceptors (Lipinski definition) is 3. The SMILES string of the molecule is CCCOCc1ncccn1. The Hall–Kier alpha value is -0.960. The van der Waals surface area contributed by atoms with E-state index in [0.717, 1.165) is 18.9 Å². The molecule has 0 saturated carbocycles. The van der Waals surface area contributed by atoms with Crippen LogP contribution in [-0.4, -0.2) is 16.6 Å². The van der Waals surface area contributed by atoms with Crippen molar-refractivity contribution in [1.82, 2.24) is 9.97 Å². The highest BCUT2D eigenvalue weighted by molar-refractivity contribution is 4.86. The summed E-state index contributed by atoms with van der Waals surface area (Å²) >= 11 is 0. The van der Waals surface area contributed by atoms with Crippen LogP contribution in [0.2, 0.25) is 0 Å². The van der Waals surface area contributed by atoms with Crippen molar-refractivity contribution in [3.63, 3.8) is 0 Å². The van der Waals surface area contributed by atoms with Gasteiger partial charge in [0.15, 0.2) is 5.82 Å². The molecule has 0 saturated heterocycles. The molecule has 0 amide bonds. The first-order valence-electron chi connectivity index (χ1n) is 3.77. The number of rotatable bonds is 4. The van der Waals surface area contributed by atoms with Crippen LogP contribution in [0.4, 0.5) is 0 Å². The number of nitrogens with zero attached hydrogens (tertiary/aromatic N) is 2. The van der Waals surface area contributed by atoms with E-state index in [1.54, 1.807) is 18.5 Å². The predicted molar refractivity (Wildman–Crippen MR) is 42.0 cm³/mol. The van der Waals surface area contributed by atoms with Crippen molar-refractivity contribution in [2.45, 2.75) is 20.0 Å². The van der Waals surface area contributed by atoms with Crippen molar-refractivity contribution in [2.75, 3.05) is 6.61 Å². The average molecular weight is 152 g/mol.